The number of benzene rings is 2. The number of aryl methyl sites for hydroxylation is 1. The molecule has 0 saturated carbocycles. The lowest BCUT2D eigenvalue weighted by atomic mass is 10.1. The molecule has 1 aliphatic rings. The van der Waals surface area contributed by atoms with Crippen LogP contribution in [0.15, 0.2) is 48.5 Å². The Morgan fingerprint density at radius 1 is 1.00 bits per heavy atom. The standard InChI is InChI=1S/C24H34N4O2/c1-2-25-24(30)26-22-19-20(12-13-23(22)29)9-5-4-8-14-27-15-17-28(18-16-27)21-10-6-3-7-11-21/h3,6-7,10-13,19,29H,2,4-5,8-9,14-18H2,1H3,(H2,25,26,30). The molecular formula is C24H34N4O2. The smallest absolute Gasteiger partial charge is 0.319 e. The molecule has 162 valence electrons. The highest BCUT2D eigenvalue weighted by atomic mass is 16.3. The van der Waals surface area contributed by atoms with E-state index in [1.54, 1.807) is 6.07 Å². The van der Waals surface area contributed by atoms with Crippen LogP contribution in [0.1, 0.15) is 31.7 Å². The van der Waals surface area contributed by atoms with E-state index < -0.39 is 0 Å². The van der Waals surface area contributed by atoms with Gasteiger partial charge in [0.15, 0.2) is 0 Å². The van der Waals surface area contributed by atoms with E-state index in [2.05, 4.69) is 50.8 Å². The second kappa shape index (κ2) is 11.5. The Balaban J connectivity index is 1.33. The first kappa shape index (κ1) is 22.0. The van der Waals surface area contributed by atoms with E-state index >= 15 is 0 Å². The minimum atomic E-state index is -0.294. The highest BCUT2D eigenvalue weighted by Crippen LogP contribution is 2.25. The second-order valence-electron chi connectivity index (χ2n) is 7.81. The summed E-state index contributed by atoms with van der Waals surface area (Å²) in [4.78, 5) is 16.7. The van der Waals surface area contributed by atoms with E-state index in [0.29, 0.717) is 12.2 Å². The number of phenols is 1. The Kier molecular flexibility index (Phi) is 8.39. The number of nitrogens with one attached hydrogen (secondary N) is 2. The van der Waals surface area contributed by atoms with Gasteiger partial charge in [-0.15, -0.1) is 0 Å². The Hall–Kier alpha value is -2.73. The fourth-order valence-electron chi connectivity index (χ4n) is 3.88. The number of carbonyl (C=O) groups is 1. The molecule has 2 aromatic carbocycles. The van der Waals surface area contributed by atoms with Crippen LogP contribution in [0.3, 0.4) is 0 Å². The summed E-state index contributed by atoms with van der Waals surface area (Å²) in [6.45, 7) is 8.01. The highest BCUT2D eigenvalue weighted by Gasteiger charge is 2.16. The van der Waals surface area contributed by atoms with E-state index in [0.717, 1.165) is 51.1 Å². The molecule has 30 heavy (non-hydrogen) atoms. The molecule has 6 heteroatoms. The molecule has 1 saturated heterocycles. The van der Waals surface area contributed by atoms with Gasteiger partial charge in [-0.25, -0.2) is 4.79 Å². The summed E-state index contributed by atoms with van der Waals surface area (Å²) in [5.74, 6) is 0.0969. The molecule has 0 aromatic heterocycles. The summed E-state index contributed by atoms with van der Waals surface area (Å²) >= 11 is 0. The molecule has 0 radical (unpaired) electrons. The number of hydrogen-bond acceptors (Lipinski definition) is 4. The molecule has 0 unspecified atom stereocenters. The average Bonchev–Trinajstić information content (AvgIpc) is 2.77. The van der Waals surface area contributed by atoms with Crippen molar-refractivity contribution in [2.24, 2.45) is 0 Å². The Labute approximate surface area is 179 Å². The van der Waals surface area contributed by atoms with Crippen molar-refractivity contribution < 1.29 is 9.90 Å². The van der Waals surface area contributed by atoms with Crippen molar-refractivity contribution >= 4 is 17.4 Å². The van der Waals surface area contributed by atoms with E-state index in [9.17, 15) is 9.90 Å². The van der Waals surface area contributed by atoms with Crippen molar-refractivity contribution in [1.82, 2.24) is 10.2 Å². The number of piperazine rings is 1. The third kappa shape index (κ3) is 6.66. The number of carbonyl (C=O) groups excluding carboxylic acids is 1. The Morgan fingerprint density at radius 3 is 2.50 bits per heavy atom. The van der Waals surface area contributed by atoms with Crippen molar-refractivity contribution in [3.8, 4) is 5.75 Å². The lowest BCUT2D eigenvalue weighted by molar-refractivity contribution is 0.252. The van der Waals surface area contributed by atoms with Gasteiger partial charge in [0.05, 0.1) is 5.69 Å². The fraction of sp³-hybridized carbons (Fsp3) is 0.458. The minimum Gasteiger partial charge on any atom is -0.506 e. The van der Waals surface area contributed by atoms with Crippen molar-refractivity contribution in [3.63, 3.8) is 0 Å². The number of aromatic hydroxyl groups is 1. The summed E-state index contributed by atoms with van der Waals surface area (Å²) in [5.41, 5.74) is 2.93. The van der Waals surface area contributed by atoms with Gasteiger partial charge in [-0.2, -0.15) is 0 Å². The largest absolute Gasteiger partial charge is 0.506 e. The lowest BCUT2D eigenvalue weighted by Crippen LogP contribution is -2.46. The van der Waals surface area contributed by atoms with Crippen LogP contribution in [-0.4, -0.2) is 55.3 Å². The molecule has 0 atom stereocenters. The summed E-state index contributed by atoms with van der Waals surface area (Å²) < 4.78 is 0. The van der Waals surface area contributed by atoms with Crippen molar-refractivity contribution in [3.05, 3.63) is 54.1 Å². The predicted octanol–water partition coefficient (Wildman–Crippen LogP) is 4.07. The Bertz CT molecular complexity index is 789. The van der Waals surface area contributed by atoms with Gasteiger partial charge in [0.2, 0.25) is 0 Å². The van der Waals surface area contributed by atoms with Crippen LogP contribution in [-0.2, 0) is 6.42 Å². The van der Waals surface area contributed by atoms with E-state index in [1.165, 1.54) is 18.5 Å². The van der Waals surface area contributed by atoms with Gasteiger partial charge in [0, 0.05) is 38.4 Å². The topological polar surface area (TPSA) is 67.8 Å². The number of anilines is 2. The van der Waals surface area contributed by atoms with Gasteiger partial charge in [0.1, 0.15) is 5.75 Å². The van der Waals surface area contributed by atoms with Gasteiger partial charge < -0.3 is 20.6 Å². The quantitative estimate of drug-likeness (QED) is 0.431. The summed E-state index contributed by atoms with van der Waals surface area (Å²) in [7, 11) is 0. The van der Waals surface area contributed by atoms with Crippen LogP contribution < -0.4 is 15.5 Å². The lowest BCUT2D eigenvalue weighted by Gasteiger charge is -2.36. The molecule has 0 aliphatic carbocycles. The molecule has 1 fully saturated rings. The number of unbranched alkanes of at least 4 members (excludes halogenated alkanes) is 2. The minimum absolute atomic E-state index is 0.0969. The third-order valence-electron chi connectivity index (χ3n) is 5.58. The van der Waals surface area contributed by atoms with Crippen LogP contribution in [0.25, 0.3) is 0 Å². The van der Waals surface area contributed by atoms with Crippen LogP contribution in [0, 0.1) is 0 Å². The monoisotopic (exact) mass is 410 g/mol. The van der Waals surface area contributed by atoms with E-state index in [4.69, 9.17) is 0 Å². The SMILES string of the molecule is CCNC(=O)Nc1cc(CCCCCN2CCN(c3ccccc3)CC2)ccc1O. The normalized spacial score (nSPS) is 14.5. The maximum Gasteiger partial charge on any atom is 0.319 e. The third-order valence-corrected chi connectivity index (χ3v) is 5.58. The molecule has 3 rings (SSSR count). The summed E-state index contributed by atoms with van der Waals surface area (Å²) in [5, 5.41) is 15.3. The number of phenolic OH excluding ortho intramolecular Hbond substituents is 1. The zero-order valence-electron chi connectivity index (χ0n) is 17.9. The maximum atomic E-state index is 11.7. The zero-order chi connectivity index (χ0) is 21.2. The van der Waals surface area contributed by atoms with Crippen molar-refractivity contribution in [2.45, 2.75) is 32.6 Å². The van der Waals surface area contributed by atoms with Gasteiger partial charge >= 0.3 is 6.03 Å². The fourth-order valence-corrected chi connectivity index (χ4v) is 3.88. The van der Waals surface area contributed by atoms with Crippen molar-refractivity contribution in [2.75, 3.05) is 49.5 Å². The zero-order valence-corrected chi connectivity index (χ0v) is 17.9. The second-order valence-corrected chi connectivity index (χ2v) is 7.81. The highest BCUT2D eigenvalue weighted by molar-refractivity contribution is 5.90. The molecule has 2 aromatic rings. The number of rotatable bonds is 9. The van der Waals surface area contributed by atoms with E-state index in [1.807, 2.05) is 19.1 Å². The van der Waals surface area contributed by atoms with Gasteiger partial charge in [-0.3, -0.25) is 4.90 Å². The van der Waals surface area contributed by atoms with Crippen LogP contribution >= 0.6 is 0 Å². The number of para-hydroxylation sites is 1. The number of hydrogen-bond donors (Lipinski definition) is 3. The first-order chi connectivity index (χ1) is 14.7. The van der Waals surface area contributed by atoms with Gasteiger partial charge in [-0.1, -0.05) is 30.7 Å². The molecule has 0 bridgehead atoms. The van der Waals surface area contributed by atoms with Crippen LogP contribution in [0.5, 0.6) is 5.75 Å². The molecule has 2 amide bonds. The number of urea groups is 1. The first-order valence-corrected chi connectivity index (χ1v) is 11.0. The molecule has 3 N–H and O–H groups in total. The van der Waals surface area contributed by atoms with Crippen LogP contribution in [0.4, 0.5) is 16.2 Å². The first-order valence-electron chi connectivity index (χ1n) is 11.0. The molecule has 6 nitrogen and oxygen atoms in total. The molecule has 0 spiro atoms. The van der Waals surface area contributed by atoms with Crippen LogP contribution in [0.2, 0.25) is 0 Å². The maximum absolute atomic E-state index is 11.7. The predicted molar refractivity (Wildman–Crippen MR) is 123 cm³/mol. The molecular weight excluding hydrogens is 376 g/mol. The average molecular weight is 411 g/mol. The Morgan fingerprint density at radius 2 is 1.77 bits per heavy atom. The summed E-state index contributed by atoms with van der Waals surface area (Å²) in [6.07, 6.45) is 4.44. The number of nitrogens with zero attached hydrogens (tertiary/aromatic N) is 2. The number of amides is 2. The van der Waals surface area contributed by atoms with E-state index in [-0.39, 0.29) is 11.8 Å². The van der Waals surface area contributed by atoms with Crippen molar-refractivity contribution in [1.29, 1.82) is 0 Å². The molecule has 1 heterocycles. The summed E-state index contributed by atoms with van der Waals surface area (Å²) in [6, 6.07) is 15.8. The molecule has 1 aliphatic heterocycles. The van der Waals surface area contributed by atoms with Gasteiger partial charge in [-0.05, 0) is 62.6 Å². The van der Waals surface area contributed by atoms with Gasteiger partial charge in [0.25, 0.3) is 0 Å².